The minimum absolute atomic E-state index is 0.117. The van der Waals surface area contributed by atoms with Crippen LogP contribution in [0.15, 0.2) is 200 Å². The molecule has 7 aromatic carbocycles. The standard InChI is InChI=1S/C58H57NO8/c1-61-57-53(59(35-42-21-7-2-8-22-42)58(60)66-40-51-49-33-19-17-31-47(49)48-32-18-20-34-50(48)51)55(64-38-45-27-13-5-14-28-45)56(65-39-46-29-15-6-16-30-46)54(63-37-44-25-11-4-12-26-44)52(67-57)41-62-36-43-23-9-3-10-24-43/h2-34,51-57H,35-41H2,1H3/t52-,53+,54+,55+,56+,57+/m1/s1. The lowest BCUT2D eigenvalue weighted by atomic mass is 9.96. The number of hydrogen-bond acceptors (Lipinski definition) is 8. The molecule has 1 aliphatic carbocycles. The highest BCUT2D eigenvalue weighted by Gasteiger charge is 2.53. The Morgan fingerprint density at radius 1 is 0.478 bits per heavy atom. The normalized spacial score (nSPS) is 20.1. The zero-order valence-electron chi connectivity index (χ0n) is 37.8. The van der Waals surface area contributed by atoms with Gasteiger partial charge in [0, 0.05) is 19.6 Å². The van der Waals surface area contributed by atoms with Gasteiger partial charge in [-0.3, -0.25) is 4.90 Å². The second kappa shape index (κ2) is 22.8. The van der Waals surface area contributed by atoms with Crippen LogP contribution >= 0.6 is 0 Å². The van der Waals surface area contributed by atoms with Crippen LogP contribution in [-0.4, -0.2) is 68.1 Å². The number of amides is 1. The van der Waals surface area contributed by atoms with E-state index in [2.05, 4.69) is 24.3 Å². The summed E-state index contributed by atoms with van der Waals surface area (Å²) in [7, 11) is 1.59. The van der Waals surface area contributed by atoms with Gasteiger partial charge in [-0.15, -0.1) is 0 Å². The lowest BCUT2D eigenvalue weighted by molar-refractivity contribution is -0.218. The van der Waals surface area contributed by atoms with E-state index in [4.69, 9.17) is 33.2 Å². The molecule has 0 N–H and O–H groups in total. The van der Waals surface area contributed by atoms with Crippen LogP contribution in [0.2, 0.25) is 0 Å². The van der Waals surface area contributed by atoms with E-state index in [1.54, 1.807) is 12.0 Å². The van der Waals surface area contributed by atoms with Crippen molar-refractivity contribution in [2.24, 2.45) is 0 Å². The molecule has 0 bridgehead atoms. The van der Waals surface area contributed by atoms with E-state index in [0.29, 0.717) is 6.61 Å². The Bertz CT molecular complexity index is 2540. The van der Waals surface area contributed by atoms with E-state index in [1.807, 2.05) is 176 Å². The van der Waals surface area contributed by atoms with Crippen molar-refractivity contribution in [1.29, 1.82) is 0 Å². The van der Waals surface area contributed by atoms with E-state index in [1.165, 1.54) is 0 Å². The van der Waals surface area contributed by atoms with Crippen LogP contribution in [0.5, 0.6) is 0 Å². The highest BCUT2D eigenvalue weighted by atomic mass is 16.7. The molecule has 342 valence electrons. The monoisotopic (exact) mass is 895 g/mol. The van der Waals surface area contributed by atoms with Gasteiger partial charge in [0.25, 0.3) is 0 Å². The van der Waals surface area contributed by atoms with E-state index in [0.717, 1.165) is 50.1 Å². The molecule has 1 fully saturated rings. The Morgan fingerprint density at radius 2 is 0.896 bits per heavy atom. The van der Waals surface area contributed by atoms with Gasteiger partial charge >= 0.3 is 6.09 Å². The molecule has 9 heteroatoms. The van der Waals surface area contributed by atoms with Crippen molar-refractivity contribution in [3.8, 4) is 11.1 Å². The number of nitrogens with zero attached hydrogens (tertiary/aromatic N) is 1. The molecule has 6 atom stereocenters. The number of carbonyl (C=O) groups is 1. The number of carbonyl (C=O) groups excluding carboxylic acids is 1. The first-order chi connectivity index (χ1) is 33.1. The van der Waals surface area contributed by atoms with Gasteiger partial charge in [0.1, 0.15) is 37.1 Å². The van der Waals surface area contributed by atoms with Crippen molar-refractivity contribution in [3.63, 3.8) is 0 Å². The van der Waals surface area contributed by atoms with E-state index < -0.39 is 42.8 Å². The van der Waals surface area contributed by atoms with E-state index in [-0.39, 0.29) is 45.5 Å². The average molecular weight is 896 g/mol. The minimum atomic E-state index is -1.05. The van der Waals surface area contributed by atoms with Crippen LogP contribution in [0.4, 0.5) is 4.79 Å². The topological polar surface area (TPSA) is 84.9 Å². The van der Waals surface area contributed by atoms with Gasteiger partial charge in [0.2, 0.25) is 0 Å². The zero-order chi connectivity index (χ0) is 45.6. The third-order valence-corrected chi connectivity index (χ3v) is 12.5. The fraction of sp³-hybridized carbons (Fsp3) is 0.259. The largest absolute Gasteiger partial charge is 0.448 e. The Morgan fingerprint density at radius 3 is 1.39 bits per heavy atom. The van der Waals surface area contributed by atoms with Crippen LogP contribution in [-0.2, 0) is 66.1 Å². The van der Waals surface area contributed by atoms with Gasteiger partial charge in [-0.05, 0) is 50.1 Å². The maximum atomic E-state index is 15.4. The van der Waals surface area contributed by atoms with Crippen molar-refractivity contribution in [3.05, 3.63) is 239 Å². The fourth-order valence-corrected chi connectivity index (χ4v) is 9.23. The number of hydrogen-bond donors (Lipinski definition) is 0. The molecular formula is C58H57NO8. The third-order valence-electron chi connectivity index (χ3n) is 12.5. The molecule has 1 saturated heterocycles. The van der Waals surface area contributed by atoms with E-state index >= 15 is 4.79 Å². The molecule has 67 heavy (non-hydrogen) atoms. The highest BCUT2D eigenvalue weighted by molar-refractivity contribution is 5.79. The zero-order valence-corrected chi connectivity index (χ0v) is 37.8. The first kappa shape index (κ1) is 45.7. The molecule has 1 amide bonds. The van der Waals surface area contributed by atoms with Gasteiger partial charge in [-0.2, -0.15) is 0 Å². The quantitative estimate of drug-likeness (QED) is 0.0794. The lowest BCUT2D eigenvalue weighted by Gasteiger charge is -2.41. The van der Waals surface area contributed by atoms with E-state index in [9.17, 15) is 0 Å². The molecule has 0 saturated carbocycles. The molecule has 0 spiro atoms. The lowest BCUT2D eigenvalue weighted by Crippen LogP contribution is -2.59. The first-order valence-corrected chi connectivity index (χ1v) is 23.0. The highest BCUT2D eigenvalue weighted by Crippen LogP contribution is 2.45. The average Bonchev–Trinajstić information content (AvgIpc) is 3.64. The summed E-state index contributed by atoms with van der Waals surface area (Å²) in [5.74, 6) is -0.160. The summed E-state index contributed by atoms with van der Waals surface area (Å²) in [4.78, 5) is 17.1. The Balaban J connectivity index is 1.13. The summed E-state index contributed by atoms with van der Waals surface area (Å²) in [6, 6.07) is 65.7. The molecule has 9 rings (SSSR count). The van der Waals surface area contributed by atoms with Gasteiger partial charge in [-0.1, -0.05) is 200 Å². The van der Waals surface area contributed by atoms with Crippen LogP contribution < -0.4 is 0 Å². The second-order valence-electron chi connectivity index (χ2n) is 17.0. The van der Waals surface area contributed by atoms with Crippen molar-refractivity contribution in [2.45, 2.75) is 75.6 Å². The minimum Gasteiger partial charge on any atom is -0.448 e. The van der Waals surface area contributed by atoms with Crippen LogP contribution in [0, 0.1) is 0 Å². The van der Waals surface area contributed by atoms with Crippen molar-refractivity contribution in [2.75, 3.05) is 20.3 Å². The summed E-state index contributed by atoms with van der Waals surface area (Å²) in [6.45, 7) is 1.43. The molecule has 9 nitrogen and oxygen atoms in total. The summed E-state index contributed by atoms with van der Waals surface area (Å²) < 4.78 is 47.9. The van der Waals surface area contributed by atoms with Crippen LogP contribution in [0.1, 0.15) is 44.9 Å². The number of ether oxygens (including phenoxy) is 7. The van der Waals surface area contributed by atoms with Crippen molar-refractivity contribution < 1.29 is 38.0 Å². The Labute approximate surface area is 393 Å². The maximum Gasteiger partial charge on any atom is 0.410 e. The fourth-order valence-electron chi connectivity index (χ4n) is 9.23. The molecule has 0 unspecified atom stereocenters. The van der Waals surface area contributed by atoms with Crippen molar-refractivity contribution in [1.82, 2.24) is 4.90 Å². The number of methoxy groups -OCH3 is 1. The predicted molar refractivity (Wildman–Crippen MR) is 258 cm³/mol. The van der Waals surface area contributed by atoms with Crippen LogP contribution in [0.25, 0.3) is 11.1 Å². The van der Waals surface area contributed by atoms with Gasteiger partial charge in [0.15, 0.2) is 6.29 Å². The SMILES string of the molecule is CO[C@H]1O[C@H](COCc2ccccc2)[C@H](OCc2ccccc2)[C@H](OCc2ccccc2)[C@@H](OCc2ccccc2)[C@@H]1N(Cc1ccccc1)C(=O)OCC1c2ccccc2-c2ccccc21. The first-order valence-electron chi connectivity index (χ1n) is 23.0. The summed E-state index contributed by atoms with van der Waals surface area (Å²) in [6.07, 6.45) is -4.84. The molecule has 0 radical (unpaired) electrons. The third kappa shape index (κ3) is 11.4. The molecule has 1 aliphatic heterocycles. The summed E-state index contributed by atoms with van der Waals surface area (Å²) in [5.41, 5.74) is 9.32. The molecule has 0 aromatic heterocycles. The summed E-state index contributed by atoms with van der Waals surface area (Å²) in [5, 5.41) is 0. The van der Waals surface area contributed by atoms with Crippen LogP contribution in [0.3, 0.4) is 0 Å². The van der Waals surface area contributed by atoms with Gasteiger partial charge in [-0.25, -0.2) is 4.79 Å². The van der Waals surface area contributed by atoms with Gasteiger partial charge < -0.3 is 33.2 Å². The van der Waals surface area contributed by atoms with Gasteiger partial charge in [0.05, 0.1) is 33.0 Å². The number of fused-ring (bicyclic) bond motifs is 3. The maximum absolute atomic E-state index is 15.4. The molecule has 1 heterocycles. The number of benzene rings is 7. The predicted octanol–water partition coefficient (Wildman–Crippen LogP) is 11.2. The Hall–Kier alpha value is -6.43. The Kier molecular flexibility index (Phi) is 15.6. The summed E-state index contributed by atoms with van der Waals surface area (Å²) >= 11 is 0. The van der Waals surface area contributed by atoms with Crippen molar-refractivity contribution >= 4 is 6.09 Å². The second-order valence-corrected chi connectivity index (χ2v) is 17.0. The molecule has 7 aromatic rings. The number of rotatable bonds is 19. The smallest absolute Gasteiger partial charge is 0.410 e. The molecule has 2 aliphatic rings. The molecular weight excluding hydrogens is 839 g/mol.